The Morgan fingerprint density at radius 2 is 2.19 bits per heavy atom. The van der Waals surface area contributed by atoms with Crippen molar-refractivity contribution in [2.45, 2.75) is 51.5 Å². The van der Waals surface area contributed by atoms with Gasteiger partial charge in [-0.3, -0.25) is 0 Å². The molecule has 1 aromatic heterocycles. The lowest BCUT2D eigenvalue weighted by Gasteiger charge is -2.30. The van der Waals surface area contributed by atoms with Crippen molar-refractivity contribution in [2.24, 2.45) is 17.8 Å². The van der Waals surface area contributed by atoms with E-state index in [0.717, 1.165) is 29.1 Å². The Morgan fingerprint density at radius 1 is 1.33 bits per heavy atom. The highest BCUT2D eigenvalue weighted by Crippen LogP contribution is 2.52. The van der Waals surface area contributed by atoms with Crippen molar-refractivity contribution < 1.29 is 0 Å². The number of alkyl halides is 1. The molecule has 4 atom stereocenters. The molecule has 2 fully saturated rings. The molecule has 0 amide bonds. The summed E-state index contributed by atoms with van der Waals surface area (Å²) in [7, 11) is 0. The molecule has 4 rings (SSSR count). The Labute approximate surface area is 131 Å². The Hall–Kier alpha value is -1.02. The summed E-state index contributed by atoms with van der Waals surface area (Å²) in [6, 6.07) is 7.10. The van der Waals surface area contributed by atoms with E-state index in [0.29, 0.717) is 11.9 Å². The number of aromatic nitrogens is 2. The van der Waals surface area contributed by atoms with Gasteiger partial charge in [0.2, 0.25) is 0 Å². The first-order valence-electron chi connectivity index (χ1n) is 8.20. The van der Waals surface area contributed by atoms with E-state index < -0.39 is 0 Å². The number of nitrogens with zero attached hydrogens (tertiary/aromatic N) is 2. The first-order chi connectivity index (χ1) is 10.2. The van der Waals surface area contributed by atoms with Crippen LogP contribution in [0, 0.1) is 24.7 Å². The Morgan fingerprint density at radius 3 is 2.86 bits per heavy atom. The van der Waals surface area contributed by atoms with Crippen molar-refractivity contribution in [2.75, 3.05) is 0 Å². The van der Waals surface area contributed by atoms with Crippen molar-refractivity contribution in [3.05, 3.63) is 29.6 Å². The van der Waals surface area contributed by atoms with Gasteiger partial charge < -0.3 is 4.57 Å². The molecular weight excluding hydrogens is 280 g/mol. The fraction of sp³-hybridized carbons (Fsp3) is 0.611. The fourth-order valence-corrected chi connectivity index (χ4v) is 5.07. The van der Waals surface area contributed by atoms with Crippen LogP contribution in [0.4, 0.5) is 0 Å². The van der Waals surface area contributed by atoms with E-state index >= 15 is 0 Å². The zero-order valence-electron chi connectivity index (χ0n) is 12.8. The van der Waals surface area contributed by atoms with Crippen LogP contribution in [-0.4, -0.2) is 9.55 Å². The quantitative estimate of drug-likeness (QED) is 0.723. The molecule has 2 aromatic rings. The SMILES string of the molecule is Cc1ccc2c(c1)nc(CCl)n2C(C)C1CC2CCC1C2. The number of benzene rings is 1. The number of hydrogen-bond donors (Lipinski definition) is 0. The summed E-state index contributed by atoms with van der Waals surface area (Å²) in [6.07, 6.45) is 5.75. The molecule has 0 saturated heterocycles. The average Bonchev–Trinajstić information content (AvgIpc) is 3.18. The lowest BCUT2D eigenvalue weighted by molar-refractivity contribution is 0.244. The second-order valence-electron chi connectivity index (χ2n) is 7.10. The van der Waals surface area contributed by atoms with Crippen LogP contribution < -0.4 is 0 Å². The third-order valence-corrected chi connectivity index (χ3v) is 6.10. The first-order valence-corrected chi connectivity index (χ1v) is 8.74. The lowest BCUT2D eigenvalue weighted by atomic mass is 9.83. The van der Waals surface area contributed by atoms with E-state index in [9.17, 15) is 0 Å². The average molecular weight is 303 g/mol. The summed E-state index contributed by atoms with van der Waals surface area (Å²) >= 11 is 6.19. The van der Waals surface area contributed by atoms with Crippen LogP contribution in [0.5, 0.6) is 0 Å². The summed E-state index contributed by atoms with van der Waals surface area (Å²) in [6.45, 7) is 4.50. The van der Waals surface area contributed by atoms with E-state index in [1.54, 1.807) is 0 Å². The van der Waals surface area contributed by atoms with E-state index in [2.05, 4.69) is 36.6 Å². The van der Waals surface area contributed by atoms with Gasteiger partial charge in [-0.15, -0.1) is 11.6 Å². The minimum absolute atomic E-state index is 0.499. The van der Waals surface area contributed by atoms with E-state index in [1.807, 2.05) is 0 Å². The molecule has 1 aromatic carbocycles. The van der Waals surface area contributed by atoms with Gasteiger partial charge in [0.1, 0.15) is 5.82 Å². The van der Waals surface area contributed by atoms with E-state index in [-0.39, 0.29) is 0 Å². The molecule has 21 heavy (non-hydrogen) atoms. The predicted octanol–water partition coefficient (Wildman–Crippen LogP) is 5.08. The Kier molecular flexibility index (Phi) is 3.25. The van der Waals surface area contributed by atoms with Crippen LogP contribution in [0.2, 0.25) is 0 Å². The second kappa shape index (κ2) is 5.01. The zero-order valence-corrected chi connectivity index (χ0v) is 13.6. The van der Waals surface area contributed by atoms with Gasteiger partial charge in [0.05, 0.1) is 16.9 Å². The Balaban J connectivity index is 1.77. The highest BCUT2D eigenvalue weighted by molar-refractivity contribution is 6.16. The molecule has 0 spiro atoms. The second-order valence-corrected chi connectivity index (χ2v) is 7.37. The van der Waals surface area contributed by atoms with Gasteiger partial charge in [0, 0.05) is 6.04 Å². The number of fused-ring (bicyclic) bond motifs is 3. The lowest BCUT2D eigenvalue weighted by Crippen LogP contribution is -2.23. The molecule has 4 unspecified atom stereocenters. The Bertz CT molecular complexity index is 675. The van der Waals surface area contributed by atoms with Crippen LogP contribution in [-0.2, 0) is 5.88 Å². The van der Waals surface area contributed by atoms with Gasteiger partial charge in [0.15, 0.2) is 0 Å². The largest absolute Gasteiger partial charge is 0.324 e. The summed E-state index contributed by atoms with van der Waals surface area (Å²) in [4.78, 5) is 4.78. The molecule has 2 bridgehead atoms. The third-order valence-electron chi connectivity index (χ3n) is 5.86. The molecule has 0 N–H and O–H groups in total. The highest BCUT2D eigenvalue weighted by atomic mass is 35.5. The molecule has 1 heterocycles. The van der Waals surface area contributed by atoms with Gasteiger partial charge in [0.25, 0.3) is 0 Å². The topological polar surface area (TPSA) is 17.8 Å². The van der Waals surface area contributed by atoms with Crippen LogP contribution in [0.25, 0.3) is 11.0 Å². The minimum Gasteiger partial charge on any atom is -0.324 e. The smallest absolute Gasteiger partial charge is 0.125 e. The summed E-state index contributed by atoms with van der Waals surface area (Å²) in [5.74, 6) is 4.26. The summed E-state index contributed by atoms with van der Waals surface area (Å²) < 4.78 is 2.42. The maximum atomic E-state index is 6.19. The van der Waals surface area contributed by atoms with Gasteiger partial charge >= 0.3 is 0 Å². The number of hydrogen-bond acceptors (Lipinski definition) is 1. The predicted molar refractivity (Wildman–Crippen MR) is 87.7 cm³/mol. The number of aryl methyl sites for hydroxylation is 1. The number of rotatable bonds is 3. The highest BCUT2D eigenvalue weighted by Gasteiger charge is 2.42. The molecule has 0 radical (unpaired) electrons. The van der Waals surface area contributed by atoms with Crippen molar-refractivity contribution >= 4 is 22.6 Å². The molecule has 0 aliphatic heterocycles. The normalized spacial score (nSPS) is 29.4. The number of halogens is 1. The molecule has 2 aliphatic rings. The van der Waals surface area contributed by atoms with Crippen molar-refractivity contribution in [3.63, 3.8) is 0 Å². The first kappa shape index (κ1) is 13.6. The van der Waals surface area contributed by atoms with E-state index in [1.165, 1.54) is 36.8 Å². The van der Waals surface area contributed by atoms with Crippen LogP contribution in [0.3, 0.4) is 0 Å². The monoisotopic (exact) mass is 302 g/mol. The maximum absolute atomic E-state index is 6.19. The number of imidazole rings is 1. The third kappa shape index (κ3) is 2.11. The molecule has 2 aliphatic carbocycles. The minimum atomic E-state index is 0.499. The van der Waals surface area contributed by atoms with Gasteiger partial charge in [-0.2, -0.15) is 0 Å². The molecule has 112 valence electrons. The van der Waals surface area contributed by atoms with Crippen molar-refractivity contribution in [3.8, 4) is 0 Å². The maximum Gasteiger partial charge on any atom is 0.125 e. The zero-order chi connectivity index (χ0) is 14.6. The molecule has 2 nitrogen and oxygen atoms in total. The molecular formula is C18H23ClN2. The van der Waals surface area contributed by atoms with Crippen LogP contribution >= 0.6 is 11.6 Å². The van der Waals surface area contributed by atoms with Gasteiger partial charge in [-0.25, -0.2) is 4.98 Å². The van der Waals surface area contributed by atoms with Gasteiger partial charge in [-0.1, -0.05) is 12.5 Å². The fourth-order valence-electron chi connectivity index (χ4n) is 4.88. The van der Waals surface area contributed by atoms with Crippen molar-refractivity contribution in [1.82, 2.24) is 9.55 Å². The van der Waals surface area contributed by atoms with Gasteiger partial charge in [-0.05, 0) is 68.6 Å². The van der Waals surface area contributed by atoms with Crippen LogP contribution in [0.15, 0.2) is 18.2 Å². The standard InChI is InChI=1S/C18H23ClN2/c1-11-3-6-17-16(7-11)20-18(10-19)21(17)12(2)15-9-13-4-5-14(15)8-13/h3,6-7,12-15H,4-5,8-10H2,1-2H3. The van der Waals surface area contributed by atoms with Crippen molar-refractivity contribution in [1.29, 1.82) is 0 Å². The summed E-state index contributed by atoms with van der Waals surface area (Å²) in [5, 5.41) is 0. The summed E-state index contributed by atoms with van der Waals surface area (Å²) in [5.41, 5.74) is 3.62. The van der Waals surface area contributed by atoms with Crippen LogP contribution in [0.1, 0.15) is 50.0 Å². The molecule has 3 heteroatoms. The van der Waals surface area contributed by atoms with E-state index in [4.69, 9.17) is 16.6 Å². The molecule has 2 saturated carbocycles.